The molecule has 0 amide bonds. The number of pyridine rings is 1. The molecule has 1 aliphatic rings. The van der Waals surface area contributed by atoms with Crippen molar-refractivity contribution >= 4 is 33.4 Å². The number of nitrogens with zero attached hydrogens (tertiary/aromatic N) is 3. The summed E-state index contributed by atoms with van der Waals surface area (Å²) >= 11 is 3.34. The summed E-state index contributed by atoms with van der Waals surface area (Å²) in [5.74, 6) is -0.670. The van der Waals surface area contributed by atoms with Crippen LogP contribution in [0.4, 0.5) is 11.5 Å². The molecule has 1 atom stereocenters. The van der Waals surface area contributed by atoms with E-state index < -0.39 is 16.8 Å². The molecule has 108 valence electrons. The van der Waals surface area contributed by atoms with E-state index in [0.29, 0.717) is 35.4 Å². The molecule has 1 saturated heterocycles. The number of piperidine rings is 1. The molecule has 0 aliphatic carbocycles. The molecule has 0 aromatic carbocycles. The number of nitro groups is 1. The lowest BCUT2D eigenvalue weighted by Crippen LogP contribution is -2.39. The standard InChI is InChI=1S/C12H14BrN3O4/c1-7-9(16(19)20)5-14-11(10(7)13)15-4-2-3-8(6-15)12(17)18/h5,8H,2-4,6H2,1H3,(H,17,18). The van der Waals surface area contributed by atoms with Crippen molar-refractivity contribution in [2.24, 2.45) is 5.92 Å². The van der Waals surface area contributed by atoms with Crippen molar-refractivity contribution in [3.8, 4) is 0 Å². The number of carboxylic acid groups (broad SMARTS) is 1. The first-order valence-corrected chi connectivity index (χ1v) is 6.98. The second kappa shape index (κ2) is 5.74. The number of carboxylic acids is 1. The van der Waals surface area contributed by atoms with E-state index in [1.54, 1.807) is 6.92 Å². The average molecular weight is 344 g/mol. The summed E-state index contributed by atoms with van der Waals surface area (Å²) in [6.45, 7) is 2.72. The van der Waals surface area contributed by atoms with E-state index in [1.165, 1.54) is 6.20 Å². The normalized spacial score (nSPS) is 18.9. The molecule has 1 fully saturated rings. The number of anilines is 1. The molecule has 8 heteroatoms. The van der Waals surface area contributed by atoms with Gasteiger partial charge in [-0.1, -0.05) is 0 Å². The lowest BCUT2D eigenvalue weighted by Gasteiger charge is -2.32. The monoisotopic (exact) mass is 343 g/mol. The van der Waals surface area contributed by atoms with Gasteiger partial charge in [0.05, 0.1) is 15.3 Å². The molecule has 0 spiro atoms. The van der Waals surface area contributed by atoms with Gasteiger partial charge in [-0.25, -0.2) is 4.98 Å². The molecule has 1 aliphatic heterocycles. The summed E-state index contributed by atoms with van der Waals surface area (Å²) in [6.07, 6.45) is 2.64. The Morgan fingerprint density at radius 2 is 2.35 bits per heavy atom. The number of halogens is 1. The first-order valence-electron chi connectivity index (χ1n) is 6.19. The van der Waals surface area contributed by atoms with Gasteiger partial charge in [0.15, 0.2) is 0 Å². The average Bonchev–Trinajstić information content (AvgIpc) is 2.41. The smallest absolute Gasteiger partial charge is 0.308 e. The zero-order valence-electron chi connectivity index (χ0n) is 10.9. The van der Waals surface area contributed by atoms with Gasteiger partial charge in [-0.2, -0.15) is 0 Å². The number of hydrogen-bond donors (Lipinski definition) is 1. The van der Waals surface area contributed by atoms with Gasteiger partial charge in [0.2, 0.25) is 0 Å². The third-order valence-electron chi connectivity index (χ3n) is 3.49. The van der Waals surface area contributed by atoms with Crippen molar-refractivity contribution in [1.82, 2.24) is 4.98 Å². The lowest BCUT2D eigenvalue weighted by atomic mass is 9.98. The summed E-state index contributed by atoms with van der Waals surface area (Å²) in [5.41, 5.74) is 0.449. The van der Waals surface area contributed by atoms with E-state index in [-0.39, 0.29) is 5.69 Å². The SMILES string of the molecule is Cc1c([N+](=O)[O-])cnc(N2CCCC(C(=O)O)C2)c1Br. The fraction of sp³-hybridized carbons (Fsp3) is 0.500. The van der Waals surface area contributed by atoms with Crippen LogP contribution in [0.1, 0.15) is 18.4 Å². The van der Waals surface area contributed by atoms with E-state index in [0.717, 1.165) is 6.42 Å². The Balaban J connectivity index is 2.31. The van der Waals surface area contributed by atoms with Crippen LogP contribution in [-0.2, 0) is 4.79 Å². The van der Waals surface area contributed by atoms with Crippen LogP contribution in [0.5, 0.6) is 0 Å². The highest BCUT2D eigenvalue weighted by Crippen LogP contribution is 2.34. The van der Waals surface area contributed by atoms with Crippen LogP contribution in [0.3, 0.4) is 0 Å². The van der Waals surface area contributed by atoms with Gasteiger partial charge in [-0.3, -0.25) is 14.9 Å². The molecule has 1 aromatic heterocycles. The predicted molar refractivity (Wildman–Crippen MR) is 75.9 cm³/mol. The first kappa shape index (κ1) is 14.7. The highest BCUT2D eigenvalue weighted by Gasteiger charge is 2.28. The van der Waals surface area contributed by atoms with Crippen LogP contribution in [0.25, 0.3) is 0 Å². The van der Waals surface area contributed by atoms with Crippen molar-refractivity contribution in [1.29, 1.82) is 0 Å². The fourth-order valence-corrected chi connectivity index (χ4v) is 2.89. The van der Waals surface area contributed by atoms with E-state index >= 15 is 0 Å². The third-order valence-corrected chi connectivity index (χ3v) is 4.44. The summed E-state index contributed by atoms with van der Waals surface area (Å²) < 4.78 is 0.553. The van der Waals surface area contributed by atoms with E-state index in [4.69, 9.17) is 5.11 Å². The molecule has 0 saturated carbocycles. The maximum absolute atomic E-state index is 11.1. The second-order valence-corrected chi connectivity index (χ2v) is 5.58. The molecule has 20 heavy (non-hydrogen) atoms. The maximum Gasteiger partial charge on any atom is 0.308 e. The van der Waals surface area contributed by atoms with E-state index in [9.17, 15) is 14.9 Å². The molecular weight excluding hydrogens is 330 g/mol. The topological polar surface area (TPSA) is 96.6 Å². The molecule has 1 N–H and O–H groups in total. The number of rotatable bonds is 3. The molecule has 0 radical (unpaired) electrons. The Hall–Kier alpha value is -1.70. The van der Waals surface area contributed by atoms with Gasteiger partial charge in [-0.15, -0.1) is 0 Å². The Morgan fingerprint density at radius 3 is 2.95 bits per heavy atom. The van der Waals surface area contributed by atoms with Crippen molar-refractivity contribution in [2.45, 2.75) is 19.8 Å². The summed E-state index contributed by atoms with van der Waals surface area (Å²) in [6, 6.07) is 0. The number of aliphatic carboxylic acids is 1. The maximum atomic E-state index is 11.1. The quantitative estimate of drug-likeness (QED) is 0.668. The van der Waals surface area contributed by atoms with Crippen LogP contribution in [0.2, 0.25) is 0 Å². The molecule has 7 nitrogen and oxygen atoms in total. The van der Waals surface area contributed by atoms with Crippen molar-refractivity contribution < 1.29 is 14.8 Å². The van der Waals surface area contributed by atoms with E-state index in [1.807, 2.05) is 4.90 Å². The second-order valence-electron chi connectivity index (χ2n) is 4.79. The van der Waals surface area contributed by atoms with Gasteiger partial charge in [0.1, 0.15) is 12.0 Å². The van der Waals surface area contributed by atoms with Crippen LogP contribution >= 0.6 is 15.9 Å². The Kier molecular flexibility index (Phi) is 4.22. The summed E-state index contributed by atoms with van der Waals surface area (Å²) in [4.78, 5) is 27.4. The molecular formula is C12H14BrN3O4. The minimum absolute atomic E-state index is 0.0487. The number of hydrogen-bond acceptors (Lipinski definition) is 5. The van der Waals surface area contributed by atoms with Crippen molar-refractivity contribution in [3.05, 3.63) is 26.3 Å². The van der Waals surface area contributed by atoms with Crippen molar-refractivity contribution in [2.75, 3.05) is 18.0 Å². The minimum atomic E-state index is -0.815. The van der Waals surface area contributed by atoms with Gasteiger partial charge in [-0.05, 0) is 35.7 Å². The third kappa shape index (κ3) is 2.74. The predicted octanol–water partition coefficient (Wildman–Crippen LogP) is 2.36. The Labute approximate surface area is 123 Å². The minimum Gasteiger partial charge on any atom is -0.481 e. The molecule has 0 bridgehead atoms. The zero-order chi connectivity index (χ0) is 14.9. The van der Waals surface area contributed by atoms with Crippen LogP contribution in [0, 0.1) is 23.0 Å². The highest BCUT2D eigenvalue weighted by molar-refractivity contribution is 9.10. The molecule has 2 heterocycles. The highest BCUT2D eigenvalue weighted by atomic mass is 79.9. The summed E-state index contributed by atoms with van der Waals surface area (Å²) in [7, 11) is 0. The van der Waals surface area contributed by atoms with Crippen LogP contribution < -0.4 is 4.90 Å². The zero-order valence-corrected chi connectivity index (χ0v) is 12.5. The molecule has 2 rings (SSSR count). The largest absolute Gasteiger partial charge is 0.481 e. The van der Waals surface area contributed by atoms with Crippen molar-refractivity contribution in [3.63, 3.8) is 0 Å². The number of aromatic nitrogens is 1. The van der Waals surface area contributed by atoms with Crippen LogP contribution in [0.15, 0.2) is 10.7 Å². The van der Waals surface area contributed by atoms with Gasteiger partial charge in [0, 0.05) is 18.7 Å². The summed E-state index contributed by atoms with van der Waals surface area (Å²) in [5, 5.41) is 20.0. The molecule has 1 aromatic rings. The number of carbonyl (C=O) groups is 1. The molecule has 1 unspecified atom stereocenters. The first-order chi connectivity index (χ1) is 9.41. The fourth-order valence-electron chi connectivity index (χ4n) is 2.33. The van der Waals surface area contributed by atoms with Gasteiger partial charge in [0.25, 0.3) is 5.69 Å². The van der Waals surface area contributed by atoms with Gasteiger partial charge < -0.3 is 10.0 Å². The van der Waals surface area contributed by atoms with Gasteiger partial charge >= 0.3 is 5.97 Å². The van der Waals surface area contributed by atoms with Crippen LogP contribution in [-0.4, -0.2) is 34.1 Å². The van der Waals surface area contributed by atoms with E-state index in [2.05, 4.69) is 20.9 Å². The lowest BCUT2D eigenvalue weighted by molar-refractivity contribution is -0.385. The Morgan fingerprint density at radius 1 is 1.65 bits per heavy atom. The Bertz CT molecular complexity index is 564.